The van der Waals surface area contributed by atoms with Crippen molar-refractivity contribution in [1.29, 1.82) is 0 Å². The molecule has 1 aliphatic rings. The molecule has 1 aromatic rings. The summed E-state index contributed by atoms with van der Waals surface area (Å²) in [6, 6.07) is 5.61. The predicted molar refractivity (Wildman–Crippen MR) is 57.8 cm³/mol. The second-order valence-corrected chi connectivity index (χ2v) is 4.25. The molecule has 0 bridgehead atoms. The number of aromatic nitrogens is 1. The monoisotopic (exact) mass is 205 g/mol. The van der Waals surface area contributed by atoms with Crippen molar-refractivity contribution in [3.8, 4) is 0 Å². The van der Waals surface area contributed by atoms with E-state index in [4.69, 9.17) is 0 Å². The SMILES string of the molecule is CC1=NC(c2ccccn2)N(O)C1(C)C. The molecule has 2 rings (SSSR count). The Hall–Kier alpha value is -1.26. The van der Waals surface area contributed by atoms with E-state index >= 15 is 0 Å². The van der Waals surface area contributed by atoms with Crippen LogP contribution in [0.15, 0.2) is 29.4 Å². The Labute approximate surface area is 89.2 Å². The van der Waals surface area contributed by atoms with Crippen LogP contribution in [0.1, 0.15) is 32.6 Å². The van der Waals surface area contributed by atoms with Gasteiger partial charge in [-0.3, -0.25) is 9.98 Å². The zero-order valence-electron chi connectivity index (χ0n) is 9.18. The molecule has 1 unspecified atom stereocenters. The van der Waals surface area contributed by atoms with Crippen molar-refractivity contribution in [2.75, 3.05) is 0 Å². The van der Waals surface area contributed by atoms with Crippen LogP contribution in [0.25, 0.3) is 0 Å². The smallest absolute Gasteiger partial charge is 0.167 e. The molecule has 1 atom stereocenters. The lowest BCUT2D eigenvalue weighted by atomic mass is 10.0. The van der Waals surface area contributed by atoms with Gasteiger partial charge in [0.2, 0.25) is 0 Å². The second kappa shape index (κ2) is 3.40. The third-order valence-electron chi connectivity index (χ3n) is 2.96. The lowest BCUT2D eigenvalue weighted by Crippen LogP contribution is -2.43. The summed E-state index contributed by atoms with van der Waals surface area (Å²) in [5.41, 5.74) is 1.27. The topological polar surface area (TPSA) is 48.7 Å². The Kier molecular flexibility index (Phi) is 2.32. The van der Waals surface area contributed by atoms with Crippen LogP contribution < -0.4 is 0 Å². The van der Waals surface area contributed by atoms with Crippen LogP contribution in [0.4, 0.5) is 0 Å². The Morgan fingerprint density at radius 1 is 1.40 bits per heavy atom. The molecule has 1 aliphatic heterocycles. The Balaban J connectivity index is 2.35. The highest BCUT2D eigenvalue weighted by molar-refractivity contribution is 5.92. The summed E-state index contributed by atoms with van der Waals surface area (Å²) in [7, 11) is 0. The maximum Gasteiger partial charge on any atom is 0.167 e. The largest absolute Gasteiger partial charge is 0.311 e. The Morgan fingerprint density at radius 3 is 2.60 bits per heavy atom. The van der Waals surface area contributed by atoms with Crippen LogP contribution >= 0.6 is 0 Å². The summed E-state index contributed by atoms with van der Waals surface area (Å²) in [6.45, 7) is 5.80. The Morgan fingerprint density at radius 2 is 2.13 bits per heavy atom. The lowest BCUT2D eigenvalue weighted by Gasteiger charge is -2.28. The average molecular weight is 205 g/mol. The molecule has 15 heavy (non-hydrogen) atoms. The van der Waals surface area contributed by atoms with Crippen molar-refractivity contribution in [2.45, 2.75) is 32.5 Å². The minimum Gasteiger partial charge on any atom is -0.311 e. The van der Waals surface area contributed by atoms with Gasteiger partial charge in [0.1, 0.15) is 0 Å². The molecule has 4 nitrogen and oxygen atoms in total. The number of rotatable bonds is 1. The molecule has 1 N–H and O–H groups in total. The van der Waals surface area contributed by atoms with E-state index in [0.29, 0.717) is 0 Å². The van der Waals surface area contributed by atoms with Crippen LogP contribution in [0.2, 0.25) is 0 Å². The predicted octanol–water partition coefficient (Wildman–Crippen LogP) is 2.02. The van der Waals surface area contributed by atoms with Crippen molar-refractivity contribution < 1.29 is 5.21 Å². The zero-order valence-corrected chi connectivity index (χ0v) is 9.18. The second-order valence-electron chi connectivity index (χ2n) is 4.25. The quantitative estimate of drug-likeness (QED) is 0.763. The molecule has 0 aromatic carbocycles. The molecule has 0 radical (unpaired) electrons. The standard InChI is InChI=1S/C11H15N3O/c1-8-11(2,3)14(15)10(13-8)9-6-4-5-7-12-9/h4-7,10,15H,1-3H3. The summed E-state index contributed by atoms with van der Waals surface area (Å²) >= 11 is 0. The molecule has 0 aliphatic carbocycles. The first-order chi connectivity index (χ1) is 7.03. The summed E-state index contributed by atoms with van der Waals surface area (Å²) in [5, 5.41) is 11.3. The molecule has 0 fully saturated rings. The third kappa shape index (κ3) is 1.56. The fourth-order valence-corrected chi connectivity index (χ4v) is 1.59. The number of hydrogen-bond acceptors (Lipinski definition) is 4. The van der Waals surface area contributed by atoms with Gasteiger partial charge in [0.05, 0.1) is 11.2 Å². The van der Waals surface area contributed by atoms with E-state index in [1.54, 1.807) is 6.20 Å². The van der Waals surface area contributed by atoms with E-state index in [0.717, 1.165) is 11.4 Å². The van der Waals surface area contributed by atoms with E-state index in [9.17, 15) is 5.21 Å². The first-order valence-corrected chi connectivity index (χ1v) is 4.97. The number of hydroxylamine groups is 2. The minimum atomic E-state index is -0.414. The van der Waals surface area contributed by atoms with Crippen LogP contribution in [-0.4, -0.2) is 26.5 Å². The molecule has 4 heteroatoms. The third-order valence-corrected chi connectivity index (χ3v) is 2.96. The number of hydrogen-bond donors (Lipinski definition) is 1. The summed E-state index contributed by atoms with van der Waals surface area (Å²) in [4.78, 5) is 8.62. The van der Waals surface area contributed by atoms with Gasteiger partial charge in [-0.2, -0.15) is 5.06 Å². The molecule has 0 saturated carbocycles. The average Bonchev–Trinajstić information content (AvgIpc) is 2.44. The first-order valence-electron chi connectivity index (χ1n) is 4.97. The maximum atomic E-state index is 10.0. The zero-order chi connectivity index (χ0) is 11.1. The summed E-state index contributed by atoms with van der Waals surface area (Å²) in [6.07, 6.45) is 1.33. The Bertz CT molecular complexity index is 386. The van der Waals surface area contributed by atoms with E-state index in [-0.39, 0.29) is 6.17 Å². The molecule has 80 valence electrons. The molecule has 0 saturated heterocycles. The van der Waals surface area contributed by atoms with Gasteiger partial charge in [-0.05, 0) is 32.9 Å². The fourth-order valence-electron chi connectivity index (χ4n) is 1.59. The highest BCUT2D eigenvalue weighted by atomic mass is 16.5. The van der Waals surface area contributed by atoms with Crippen molar-refractivity contribution in [1.82, 2.24) is 10.0 Å². The van der Waals surface area contributed by atoms with Crippen LogP contribution in [0.5, 0.6) is 0 Å². The molecular formula is C11H15N3O. The van der Waals surface area contributed by atoms with Gasteiger partial charge >= 0.3 is 0 Å². The molecular weight excluding hydrogens is 190 g/mol. The minimum absolute atomic E-state index is 0.374. The van der Waals surface area contributed by atoms with E-state index in [1.807, 2.05) is 39.0 Å². The van der Waals surface area contributed by atoms with Gasteiger partial charge in [-0.25, -0.2) is 0 Å². The first kappa shape index (κ1) is 10.3. The normalized spacial score (nSPS) is 25.3. The van der Waals surface area contributed by atoms with E-state index < -0.39 is 5.54 Å². The van der Waals surface area contributed by atoms with Gasteiger partial charge in [0, 0.05) is 11.9 Å². The lowest BCUT2D eigenvalue weighted by molar-refractivity contribution is -0.160. The number of aliphatic imine (C=N–C) groups is 1. The molecule has 2 heterocycles. The maximum absolute atomic E-state index is 10.0. The van der Waals surface area contributed by atoms with Gasteiger partial charge in [0.15, 0.2) is 6.17 Å². The van der Waals surface area contributed by atoms with Gasteiger partial charge in [-0.1, -0.05) is 6.07 Å². The summed E-state index contributed by atoms with van der Waals surface area (Å²) < 4.78 is 0. The van der Waals surface area contributed by atoms with Crippen molar-refractivity contribution in [3.05, 3.63) is 30.1 Å². The highest BCUT2D eigenvalue weighted by Gasteiger charge is 2.41. The van der Waals surface area contributed by atoms with Gasteiger partial charge < -0.3 is 5.21 Å². The van der Waals surface area contributed by atoms with Crippen molar-refractivity contribution >= 4 is 5.71 Å². The molecule has 1 aromatic heterocycles. The van der Waals surface area contributed by atoms with Crippen molar-refractivity contribution in [3.63, 3.8) is 0 Å². The van der Waals surface area contributed by atoms with Crippen LogP contribution in [0, 0.1) is 0 Å². The fraction of sp³-hybridized carbons (Fsp3) is 0.455. The van der Waals surface area contributed by atoms with E-state index in [1.165, 1.54) is 5.06 Å². The molecule has 0 amide bonds. The van der Waals surface area contributed by atoms with Gasteiger partial charge in [0.25, 0.3) is 0 Å². The van der Waals surface area contributed by atoms with Crippen molar-refractivity contribution in [2.24, 2.45) is 4.99 Å². The molecule has 0 spiro atoms. The van der Waals surface area contributed by atoms with E-state index in [2.05, 4.69) is 9.98 Å². The summed E-state index contributed by atoms with van der Waals surface area (Å²) in [5.74, 6) is 0. The highest BCUT2D eigenvalue weighted by Crippen LogP contribution is 2.33. The van der Waals surface area contributed by atoms with Crippen LogP contribution in [-0.2, 0) is 0 Å². The van der Waals surface area contributed by atoms with Gasteiger partial charge in [-0.15, -0.1) is 0 Å². The number of nitrogens with zero attached hydrogens (tertiary/aromatic N) is 3. The number of pyridine rings is 1. The van der Waals surface area contributed by atoms with Crippen LogP contribution in [0.3, 0.4) is 0 Å².